The molecule has 16 heavy (non-hydrogen) atoms. The highest BCUT2D eigenvalue weighted by atomic mass is 19.3. The van der Waals surface area contributed by atoms with Crippen molar-refractivity contribution in [1.29, 1.82) is 0 Å². The zero-order valence-electron chi connectivity index (χ0n) is 8.24. The second-order valence-corrected chi connectivity index (χ2v) is 3.71. The Morgan fingerprint density at radius 1 is 1.12 bits per heavy atom. The molecule has 0 aromatic heterocycles. The number of hydrogen-bond acceptors (Lipinski definition) is 2. The van der Waals surface area contributed by atoms with Gasteiger partial charge in [0.05, 0.1) is 12.1 Å². The molecule has 8 heteroatoms. The molecule has 1 rings (SSSR count). The Kier molecular flexibility index (Phi) is 3.51. The minimum Gasteiger partial charge on any atom is -0.465 e. The average Bonchev–Trinajstić information content (AvgIpc) is 2.07. The maximum Gasteiger partial charge on any atom is 0.404 e. The summed E-state index contributed by atoms with van der Waals surface area (Å²) in [6.07, 6.45) is -4.03. The van der Waals surface area contributed by atoms with Crippen LogP contribution in [0, 0.1) is 0 Å². The lowest BCUT2D eigenvalue weighted by Gasteiger charge is -2.35. The van der Waals surface area contributed by atoms with Crippen molar-refractivity contribution in [2.75, 3.05) is 0 Å². The van der Waals surface area contributed by atoms with Crippen LogP contribution in [-0.4, -0.2) is 40.4 Å². The monoisotopic (exact) mass is 238 g/mol. The van der Waals surface area contributed by atoms with E-state index in [0.29, 0.717) is 0 Å². The predicted octanol–water partition coefficient (Wildman–Crippen LogP) is 1.08. The summed E-state index contributed by atoms with van der Waals surface area (Å²) in [4.78, 5) is 20.8. The predicted molar refractivity (Wildman–Crippen MR) is 48.7 cm³/mol. The molecule has 92 valence electrons. The SMILES string of the molecule is O=C(O)NC1CCC(F)(F)CC1NC(=O)O. The number of halogens is 2. The van der Waals surface area contributed by atoms with Gasteiger partial charge >= 0.3 is 12.2 Å². The van der Waals surface area contributed by atoms with E-state index in [9.17, 15) is 18.4 Å². The molecule has 0 radical (unpaired) electrons. The van der Waals surface area contributed by atoms with Gasteiger partial charge in [-0.2, -0.15) is 0 Å². The van der Waals surface area contributed by atoms with Crippen molar-refractivity contribution in [2.45, 2.75) is 37.3 Å². The van der Waals surface area contributed by atoms with E-state index in [1.165, 1.54) is 0 Å². The molecule has 4 N–H and O–H groups in total. The highest BCUT2D eigenvalue weighted by Crippen LogP contribution is 2.33. The second kappa shape index (κ2) is 4.50. The summed E-state index contributed by atoms with van der Waals surface area (Å²) < 4.78 is 26.0. The Labute approximate surface area is 89.6 Å². The average molecular weight is 238 g/mol. The molecule has 0 aliphatic heterocycles. The second-order valence-electron chi connectivity index (χ2n) is 3.71. The number of carboxylic acid groups (broad SMARTS) is 2. The van der Waals surface area contributed by atoms with Gasteiger partial charge in [0, 0.05) is 12.8 Å². The Bertz CT molecular complexity index is 298. The van der Waals surface area contributed by atoms with Crippen LogP contribution in [0.2, 0.25) is 0 Å². The van der Waals surface area contributed by atoms with E-state index in [0.717, 1.165) is 0 Å². The van der Waals surface area contributed by atoms with Crippen molar-refractivity contribution in [1.82, 2.24) is 10.6 Å². The van der Waals surface area contributed by atoms with Gasteiger partial charge in [-0.15, -0.1) is 0 Å². The molecule has 0 aromatic carbocycles. The molecular formula is C8H12F2N2O4. The van der Waals surface area contributed by atoms with Gasteiger partial charge < -0.3 is 20.8 Å². The fourth-order valence-corrected chi connectivity index (χ4v) is 1.78. The third-order valence-corrected chi connectivity index (χ3v) is 2.44. The molecule has 0 aromatic rings. The van der Waals surface area contributed by atoms with Gasteiger partial charge in [-0.1, -0.05) is 0 Å². The van der Waals surface area contributed by atoms with Crippen LogP contribution in [0.5, 0.6) is 0 Å². The molecule has 0 bridgehead atoms. The van der Waals surface area contributed by atoms with Gasteiger partial charge in [0.25, 0.3) is 0 Å². The maximum absolute atomic E-state index is 13.0. The lowest BCUT2D eigenvalue weighted by Crippen LogP contribution is -2.56. The number of nitrogens with one attached hydrogen (secondary N) is 2. The van der Waals surface area contributed by atoms with Crippen molar-refractivity contribution in [3.63, 3.8) is 0 Å². The van der Waals surface area contributed by atoms with Crippen molar-refractivity contribution in [3.8, 4) is 0 Å². The maximum atomic E-state index is 13.0. The Balaban J connectivity index is 2.67. The largest absolute Gasteiger partial charge is 0.465 e. The first-order valence-corrected chi connectivity index (χ1v) is 4.67. The molecule has 1 saturated carbocycles. The van der Waals surface area contributed by atoms with Gasteiger partial charge in [0.1, 0.15) is 0 Å². The van der Waals surface area contributed by atoms with Gasteiger partial charge in [-0.05, 0) is 6.42 Å². The van der Waals surface area contributed by atoms with Gasteiger partial charge in [-0.25, -0.2) is 18.4 Å². The van der Waals surface area contributed by atoms with Crippen LogP contribution in [0.1, 0.15) is 19.3 Å². The van der Waals surface area contributed by atoms with E-state index in [1.807, 2.05) is 10.6 Å². The first kappa shape index (κ1) is 12.5. The van der Waals surface area contributed by atoms with E-state index in [-0.39, 0.29) is 6.42 Å². The number of alkyl halides is 2. The molecule has 1 fully saturated rings. The summed E-state index contributed by atoms with van der Waals surface area (Å²) >= 11 is 0. The highest BCUT2D eigenvalue weighted by Gasteiger charge is 2.42. The van der Waals surface area contributed by atoms with E-state index >= 15 is 0 Å². The summed E-state index contributed by atoms with van der Waals surface area (Å²) in [5.41, 5.74) is 0. The molecule has 6 nitrogen and oxygen atoms in total. The van der Waals surface area contributed by atoms with E-state index < -0.39 is 43.0 Å². The normalized spacial score (nSPS) is 28.1. The molecule has 0 saturated heterocycles. The van der Waals surface area contributed by atoms with E-state index in [4.69, 9.17) is 10.2 Å². The van der Waals surface area contributed by atoms with Gasteiger partial charge in [0.2, 0.25) is 5.92 Å². The lowest BCUT2D eigenvalue weighted by atomic mass is 9.87. The Hall–Kier alpha value is -1.60. The number of hydrogen-bond donors (Lipinski definition) is 4. The van der Waals surface area contributed by atoms with Crippen LogP contribution in [0.25, 0.3) is 0 Å². The summed E-state index contributed by atoms with van der Waals surface area (Å²) in [7, 11) is 0. The first-order valence-electron chi connectivity index (χ1n) is 4.67. The fraction of sp³-hybridized carbons (Fsp3) is 0.750. The fourth-order valence-electron chi connectivity index (χ4n) is 1.78. The van der Waals surface area contributed by atoms with E-state index in [2.05, 4.69) is 0 Å². The minimum absolute atomic E-state index is 0.0930. The number of carbonyl (C=O) groups is 2. The van der Waals surface area contributed by atoms with Gasteiger partial charge in [0.15, 0.2) is 0 Å². The number of rotatable bonds is 2. The molecule has 2 unspecified atom stereocenters. The molecule has 1 aliphatic carbocycles. The van der Waals surface area contributed by atoms with Crippen molar-refractivity contribution in [2.24, 2.45) is 0 Å². The highest BCUT2D eigenvalue weighted by molar-refractivity contribution is 5.67. The molecule has 0 spiro atoms. The molecular weight excluding hydrogens is 226 g/mol. The smallest absolute Gasteiger partial charge is 0.404 e. The summed E-state index contributed by atoms with van der Waals surface area (Å²) in [6, 6.07) is -1.91. The molecule has 0 heterocycles. The van der Waals surface area contributed by atoms with Crippen LogP contribution >= 0.6 is 0 Å². The zero-order chi connectivity index (χ0) is 12.3. The summed E-state index contributed by atoms with van der Waals surface area (Å²) in [5.74, 6) is -2.95. The van der Waals surface area contributed by atoms with Crippen molar-refractivity contribution < 1.29 is 28.6 Å². The Morgan fingerprint density at radius 2 is 1.62 bits per heavy atom. The minimum atomic E-state index is -2.95. The van der Waals surface area contributed by atoms with Crippen LogP contribution in [0.4, 0.5) is 18.4 Å². The quantitative estimate of drug-likeness (QED) is 0.578. The van der Waals surface area contributed by atoms with Crippen molar-refractivity contribution >= 4 is 12.2 Å². The summed E-state index contributed by atoms with van der Waals surface area (Å²) in [6.45, 7) is 0. The third-order valence-electron chi connectivity index (χ3n) is 2.44. The molecule has 2 atom stereocenters. The first-order chi connectivity index (χ1) is 7.30. The molecule has 2 amide bonds. The zero-order valence-corrected chi connectivity index (χ0v) is 8.24. The van der Waals surface area contributed by atoms with Crippen molar-refractivity contribution in [3.05, 3.63) is 0 Å². The van der Waals surface area contributed by atoms with Gasteiger partial charge in [-0.3, -0.25) is 0 Å². The van der Waals surface area contributed by atoms with Crippen LogP contribution in [0.3, 0.4) is 0 Å². The van der Waals surface area contributed by atoms with Crippen LogP contribution in [0.15, 0.2) is 0 Å². The topological polar surface area (TPSA) is 98.7 Å². The third kappa shape index (κ3) is 3.52. The Morgan fingerprint density at radius 3 is 2.12 bits per heavy atom. The van der Waals surface area contributed by atoms with Crippen LogP contribution in [-0.2, 0) is 0 Å². The number of amides is 2. The molecule has 1 aliphatic rings. The summed E-state index contributed by atoms with van der Waals surface area (Å²) in [5, 5.41) is 20.9. The lowest BCUT2D eigenvalue weighted by molar-refractivity contribution is -0.0505. The van der Waals surface area contributed by atoms with E-state index in [1.54, 1.807) is 0 Å². The standard InChI is InChI=1S/C8H12F2N2O4/c9-8(10)2-1-4(11-6(13)14)5(3-8)12-7(15)16/h4-5,11-12H,1-3H2,(H,13,14)(H,15,16). The van der Waals surface area contributed by atoms with Crippen LogP contribution < -0.4 is 10.6 Å².